The van der Waals surface area contributed by atoms with E-state index in [1.54, 1.807) is 32.4 Å². The van der Waals surface area contributed by atoms with E-state index in [0.717, 1.165) is 41.1 Å². The number of thiazole rings is 1. The molecule has 1 aliphatic rings. The van der Waals surface area contributed by atoms with E-state index in [1.165, 1.54) is 11.3 Å². The summed E-state index contributed by atoms with van der Waals surface area (Å²) in [6.45, 7) is 19.7. The van der Waals surface area contributed by atoms with E-state index in [0.29, 0.717) is 31.8 Å². The Morgan fingerprint density at radius 3 is 2.17 bits per heavy atom. The van der Waals surface area contributed by atoms with E-state index in [9.17, 15) is 19.2 Å². The molecule has 9 atom stereocenters. The number of ether oxygens (including phenoxy) is 2. The standard InChI is InChI=1S/C52H80N6O6S/c1-14-36(8)48(57(11)52(62)41(34(4)5)30-44(59)47(35(6)7)56(10)32-39-22-23-53-40(28-39)27-33(2)3)45(63-12)31-46(60)58-25-18-21-43(58)49(64-13)37(9)50(61)55-42(51-54-24-26-65-51)29-38-19-16-15-17-20-38/h15-17,19-20,22-24,26,28,33-37,41-43,45,47-49H,14,18,21,25,27,29-32H2,1-13H3,(H,55,61)/t36-,37+,41-,42-,43-,45+,47-,48-,49+/m0/s1. The molecule has 360 valence electrons. The lowest BCUT2D eigenvalue weighted by Gasteiger charge is -2.41. The highest BCUT2D eigenvalue weighted by atomic mass is 32.1. The van der Waals surface area contributed by atoms with Crippen LogP contribution in [0.5, 0.6) is 0 Å². The van der Waals surface area contributed by atoms with E-state index in [4.69, 9.17) is 9.47 Å². The molecule has 3 amide bonds. The molecule has 0 bridgehead atoms. The van der Waals surface area contributed by atoms with Crippen LogP contribution in [0.1, 0.15) is 122 Å². The van der Waals surface area contributed by atoms with E-state index in [2.05, 4.69) is 67.8 Å². The number of carbonyl (C=O) groups excluding carboxylic acids is 4. The van der Waals surface area contributed by atoms with Crippen molar-refractivity contribution in [3.63, 3.8) is 0 Å². The van der Waals surface area contributed by atoms with Gasteiger partial charge in [-0.3, -0.25) is 29.1 Å². The lowest BCUT2D eigenvalue weighted by molar-refractivity contribution is -0.149. The lowest BCUT2D eigenvalue weighted by Crippen LogP contribution is -2.54. The highest BCUT2D eigenvalue weighted by Gasteiger charge is 2.43. The lowest BCUT2D eigenvalue weighted by atomic mass is 9.83. The van der Waals surface area contributed by atoms with Crippen LogP contribution >= 0.6 is 11.3 Å². The van der Waals surface area contributed by atoms with Crippen LogP contribution in [0, 0.1) is 35.5 Å². The zero-order valence-corrected chi connectivity index (χ0v) is 42.5. The van der Waals surface area contributed by atoms with Crippen molar-refractivity contribution in [1.82, 2.24) is 30.0 Å². The van der Waals surface area contributed by atoms with Crippen LogP contribution in [0.3, 0.4) is 0 Å². The molecular weight excluding hydrogens is 837 g/mol. The van der Waals surface area contributed by atoms with Gasteiger partial charge in [-0.05, 0) is 79.7 Å². The van der Waals surface area contributed by atoms with Crippen LogP contribution in [0.2, 0.25) is 0 Å². The average molecular weight is 917 g/mol. The zero-order valence-electron chi connectivity index (χ0n) is 41.7. The van der Waals surface area contributed by atoms with Crippen molar-refractivity contribution in [3.8, 4) is 0 Å². The molecule has 1 fully saturated rings. The Balaban J connectivity index is 1.48. The number of Topliss-reactive ketones (excluding diaryl/α,β-unsaturated/α-hetero) is 1. The second-order valence-corrected chi connectivity index (χ2v) is 20.5. The number of hydrogen-bond donors (Lipinski definition) is 1. The minimum atomic E-state index is -0.606. The molecular formula is C52H80N6O6S. The maximum Gasteiger partial charge on any atom is 0.226 e. The van der Waals surface area contributed by atoms with E-state index >= 15 is 0 Å². The number of nitrogens with one attached hydrogen (secondary N) is 1. The molecule has 13 heteroatoms. The molecule has 4 rings (SSSR count). The summed E-state index contributed by atoms with van der Waals surface area (Å²) in [5.41, 5.74) is 3.25. The summed E-state index contributed by atoms with van der Waals surface area (Å²) in [6, 6.07) is 12.8. The number of rotatable bonds is 26. The molecule has 1 aliphatic heterocycles. The number of likely N-dealkylation sites (tertiary alicyclic amines) is 1. The Morgan fingerprint density at radius 2 is 1.58 bits per heavy atom. The van der Waals surface area contributed by atoms with Gasteiger partial charge in [0.05, 0.1) is 48.7 Å². The fourth-order valence-corrected chi connectivity index (χ4v) is 10.6. The largest absolute Gasteiger partial charge is 0.379 e. The smallest absolute Gasteiger partial charge is 0.226 e. The number of carbonyl (C=O) groups is 4. The number of aromatic nitrogens is 2. The Hall–Kier alpha value is -4.04. The zero-order chi connectivity index (χ0) is 48.0. The second kappa shape index (κ2) is 25.8. The van der Waals surface area contributed by atoms with Gasteiger partial charge in [0.1, 0.15) is 5.01 Å². The molecule has 1 N–H and O–H groups in total. The summed E-state index contributed by atoms with van der Waals surface area (Å²) in [5.74, 6) is -1.03. The van der Waals surface area contributed by atoms with Gasteiger partial charge in [-0.25, -0.2) is 4.98 Å². The molecule has 0 spiro atoms. The monoisotopic (exact) mass is 917 g/mol. The number of hydrogen-bond acceptors (Lipinski definition) is 10. The molecule has 1 saturated heterocycles. The molecule has 0 radical (unpaired) electrons. The normalized spacial score (nSPS) is 18.0. The molecule has 12 nitrogen and oxygen atoms in total. The number of benzene rings is 1. The third kappa shape index (κ3) is 14.7. The van der Waals surface area contributed by atoms with Crippen molar-refractivity contribution in [3.05, 3.63) is 82.1 Å². The van der Waals surface area contributed by atoms with Gasteiger partial charge in [-0.1, -0.05) is 99.1 Å². The first-order valence-electron chi connectivity index (χ1n) is 23.9. The number of nitrogens with zero attached hydrogens (tertiary/aromatic N) is 5. The van der Waals surface area contributed by atoms with Gasteiger partial charge in [0.2, 0.25) is 17.7 Å². The first-order chi connectivity index (χ1) is 30.9. The fraction of sp³-hybridized carbons (Fsp3) is 0.654. The van der Waals surface area contributed by atoms with Gasteiger partial charge >= 0.3 is 0 Å². The van der Waals surface area contributed by atoms with Crippen LogP contribution in [-0.4, -0.2) is 113 Å². The summed E-state index contributed by atoms with van der Waals surface area (Å²) in [4.78, 5) is 72.4. The summed E-state index contributed by atoms with van der Waals surface area (Å²) in [5, 5.41) is 6.00. The molecule has 3 heterocycles. The first-order valence-corrected chi connectivity index (χ1v) is 24.8. The minimum Gasteiger partial charge on any atom is -0.379 e. The minimum absolute atomic E-state index is 0.00723. The predicted octanol–water partition coefficient (Wildman–Crippen LogP) is 8.44. The van der Waals surface area contributed by atoms with Crippen molar-refractivity contribution in [2.45, 2.75) is 150 Å². The van der Waals surface area contributed by atoms with Crippen LogP contribution in [0.4, 0.5) is 0 Å². The van der Waals surface area contributed by atoms with Gasteiger partial charge in [-0.2, -0.15) is 0 Å². The number of amides is 3. The third-order valence-electron chi connectivity index (χ3n) is 13.5. The Morgan fingerprint density at radius 1 is 0.877 bits per heavy atom. The summed E-state index contributed by atoms with van der Waals surface area (Å²) in [7, 11) is 7.00. The summed E-state index contributed by atoms with van der Waals surface area (Å²) >= 11 is 1.51. The number of pyridine rings is 1. The quantitative estimate of drug-likeness (QED) is 0.0843. The van der Waals surface area contributed by atoms with Crippen molar-refractivity contribution < 1.29 is 28.7 Å². The number of methoxy groups -OCH3 is 2. The van der Waals surface area contributed by atoms with E-state index in [1.807, 2.05) is 80.7 Å². The van der Waals surface area contributed by atoms with Crippen LogP contribution in [0.25, 0.3) is 0 Å². The topological polar surface area (TPSA) is 134 Å². The van der Waals surface area contributed by atoms with E-state index in [-0.39, 0.29) is 72.2 Å². The third-order valence-corrected chi connectivity index (χ3v) is 14.4. The molecule has 0 unspecified atom stereocenters. The van der Waals surface area contributed by atoms with Gasteiger partial charge in [0, 0.05) is 70.2 Å². The van der Waals surface area contributed by atoms with Crippen molar-refractivity contribution in [2.75, 3.05) is 34.9 Å². The highest BCUT2D eigenvalue weighted by molar-refractivity contribution is 7.09. The molecule has 65 heavy (non-hydrogen) atoms. The van der Waals surface area contributed by atoms with Gasteiger partial charge < -0.3 is 24.6 Å². The van der Waals surface area contributed by atoms with Crippen molar-refractivity contribution in [1.29, 1.82) is 0 Å². The Bertz CT molecular complexity index is 1930. The van der Waals surface area contributed by atoms with Crippen molar-refractivity contribution in [2.24, 2.45) is 35.5 Å². The maximum absolute atomic E-state index is 14.7. The summed E-state index contributed by atoms with van der Waals surface area (Å²) in [6.07, 6.45) is 6.34. The fourth-order valence-electron chi connectivity index (χ4n) is 9.94. The van der Waals surface area contributed by atoms with Crippen LogP contribution < -0.4 is 5.32 Å². The van der Waals surface area contributed by atoms with Crippen molar-refractivity contribution >= 4 is 34.8 Å². The van der Waals surface area contributed by atoms with Gasteiger partial charge in [0.15, 0.2) is 5.78 Å². The number of ketones is 1. The molecule has 2 aromatic heterocycles. The Kier molecular flexibility index (Phi) is 21.2. The van der Waals surface area contributed by atoms with Gasteiger partial charge in [0.25, 0.3) is 0 Å². The molecule has 0 saturated carbocycles. The number of likely N-dealkylation sites (N-methyl/N-ethyl adjacent to an activating group) is 2. The van der Waals surface area contributed by atoms with Gasteiger partial charge in [-0.15, -0.1) is 11.3 Å². The predicted molar refractivity (Wildman–Crippen MR) is 260 cm³/mol. The highest BCUT2D eigenvalue weighted by Crippen LogP contribution is 2.32. The second-order valence-electron chi connectivity index (χ2n) is 19.6. The molecule has 3 aromatic rings. The average Bonchev–Trinajstić information content (AvgIpc) is 3.99. The van der Waals surface area contributed by atoms with E-state index < -0.39 is 30.1 Å². The van der Waals surface area contributed by atoms with Crippen LogP contribution in [0.15, 0.2) is 60.2 Å². The SMILES string of the molecule is CC[C@H](C)[C@@H]([C@@H](CC(=O)N1CCC[C@H]1[C@H](OC)[C@@H](C)C(=O)N[C@@H](Cc1ccccc1)c1nccs1)OC)N(C)C(=O)[C@@H](CC(=O)[C@H](C(C)C)N(C)Cc1ccnc(CC(C)C)c1)C(C)C. The first kappa shape index (κ1) is 53.6. The maximum atomic E-state index is 14.7. The van der Waals surface area contributed by atoms with Crippen LogP contribution in [-0.2, 0) is 48.0 Å². The summed E-state index contributed by atoms with van der Waals surface area (Å²) < 4.78 is 12.2. The Labute approximate surface area is 394 Å². The molecule has 1 aromatic carbocycles. The molecule has 0 aliphatic carbocycles.